The Kier molecular flexibility index (Phi) is 4.76. The lowest BCUT2D eigenvalue weighted by molar-refractivity contribution is 0.273. The van der Waals surface area contributed by atoms with Gasteiger partial charge in [0.15, 0.2) is 0 Å². The zero-order chi connectivity index (χ0) is 14.4. The van der Waals surface area contributed by atoms with E-state index in [1.165, 1.54) is 0 Å². The van der Waals surface area contributed by atoms with Gasteiger partial charge in [0, 0.05) is 16.8 Å². The molecular weight excluding hydrogens is 274 g/mol. The molecule has 5 heteroatoms. The molecule has 0 unspecified atom stereocenters. The van der Waals surface area contributed by atoms with Crippen molar-refractivity contribution in [2.24, 2.45) is 5.92 Å². The Morgan fingerprint density at radius 1 is 1.30 bits per heavy atom. The molecule has 0 saturated heterocycles. The molecule has 2 rings (SSSR count). The highest BCUT2D eigenvalue weighted by molar-refractivity contribution is 6.31. The largest absolute Gasteiger partial charge is 0.491 e. The third kappa shape index (κ3) is 3.60. The monoisotopic (exact) mass is 285 g/mol. The van der Waals surface area contributed by atoms with E-state index in [0.717, 1.165) is 10.9 Å². The van der Waals surface area contributed by atoms with Gasteiger partial charge in [-0.25, -0.2) is 0 Å². The van der Waals surface area contributed by atoms with Crippen LogP contribution in [0.2, 0.25) is 5.02 Å². The summed E-state index contributed by atoms with van der Waals surface area (Å²) in [6.07, 6.45) is 2.49. The van der Waals surface area contributed by atoms with E-state index in [4.69, 9.17) is 26.9 Å². The molecule has 1 aromatic carbocycles. The van der Waals surface area contributed by atoms with Crippen molar-refractivity contribution in [2.45, 2.75) is 12.8 Å². The number of hydrogen-bond donors (Lipinski definition) is 0. The summed E-state index contributed by atoms with van der Waals surface area (Å²) >= 11 is 5.94. The van der Waals surface area contributed by atoms with Crippen molar-refractivity contribution in [3.8, 4) is 17.9 Å². The van der Waals surface area contributed by atoms with Gasteiger partial charge in [-0.2, -0.15) is 10.5 Å². The maximum Gasteiger partial charge on any atom is 0.138 e. The molecule has 0 aliphatic rings. The Balaban J connectivity index is 2.06. The molecule has 0 aliphatic carbocycles. The van der Waals surface area contributed by atoms with Crippen LogP contribution in [-0.4, -0.2) is 11.6 Å². The zero-order valence-corrected chi connectivity index (χ0v) is 11.5. The maximum atomic E-state index is 8.97. The van der Waals surface area contributed by atoms with E-state index in [1.807, 2.05) is 24.3 Å². The minimum atomic E-state index is -0.287. The molecule has 4 nitrogen and oxygen atoms in total. The van der Waals surface area contributed by atoms with Crippen molar-refractivity contribution in [2.75, 3.05) is 6.61 Å². The number of pyridine rings is 1. The molecule has 0 radical (unpaired) electrons. The van der Waals surface area contributed by atoms with Gasteiger partial charge in [0.2, 0.25) is 0 Å². The smallest absolute Gasteiger partial charge is 0.138 e. The van der Waals surface area contributed by atoms with Crippen molar-refractivity contribution in [3.05, 3.63) is 35.5 Å². The van der Waals surface area contributed by atoms with Gasteiger partial charge in [-0.05, 0) is 30.7 Å². The van der Waals surface area contributed by atoms with Gasteiger partial charge >= 0.3 is 0 Å². The molecular formula is C15H12ClN3O. The molecule has 0 aliphatic heterocycles. The average molecular weight is 286 g/mol. The molecule has 0 N–H and O–H groups in total. The van der Waals surface area contributed by atoms with Crippen LogP contribution in [0, 0.1) is 28.6 Å². The van der Waals surface area contributed by atoms with Crippen LogP contribution in [0.25, 0.3) is 10.9 Å². The molecule has 0 fully saturated rings. The van der Waals surface area contributed by atoms with Crippen molar-refractivity contribution in [1.29, 1.82) is 10.5 Å². The van der Waals surface area contributed by atoms with Crippen LogP contribution >= 0.6 is 11.6 Å². The van der Waals surface area contributed by atoms with E-state index in [2.05, 4.69) is 11.1 Å². The summed E-state index contributed by atoms with van der Waals surface area (Å²) in [6, 6.07) is 11.4. The number of hydrogen-bond acceptors (Lipinski definition) is 4. The fourth-order valence-electron chi connectivity index (χ4n) is 1.78. The van der Waals surface area contributed by atoms with Crippen LogP contribution in [0.5, 0.6) is 5.75 Å². The van der Waals surface area contributed by atoms with E-state index in [-0.39, 0.29) is 12.5 Å². The summed E-state index contributed by atoms with van der Waals surface area (Å²) < 4.78 is 5.57. The average Bonchev–Trinajstić information content (AvgIpc) is 2.47. The highest BCUT2D eigenvalue weighted by Crippen LogP contribution is 2.22. The van der Waals surface area contributed by atoms with E-state index in [1.54, 1.807) is 12.3 Å². The lowest BCUT2D eigenvalue weighted by atomic mass is 10.1. The highest BCUT2D eigenvalue weighted by Gasteiger charge is 2.08. The predicted molar refractivity (Wildman–Crippen MR) is 76.2 cm³/mol. The lowest BCUT2D eigenvalue weighted by Crippen LogP contribution is -2.10. The quantitative estimate of drug-likeness (QED) is 0.839. The molecule has 1 heterocycles. The van der Waals surface area contributed by atoms with Crippen LogP contribution in [-0.2, 0) is 0 Å². The second-order valence-corrected chi connectivity index (χ2v) is 4.78. The van der Waals surface area contributed by atoms with E-state index in [0.29, 0.717) is 23.6 Å². The van der Waals surface area contributed by atoms with Crippen molar-refractivity contribution in [1.82, 2.24) is 4.98 Å². The number of fused-ring (bicyclic) bond motifs is 1. The maximum absolute atomic E-state index is 8.97. The molecule has 100 valence electrons. The van der Waals surface area contributed by atoms with Crippen LogP contribution in [0.1, 0.15) is 12.8 Å². The fourth-order valence-corrected chi connectivity index (χ4v) is 1.96. The van der Waals surface area contributed by atoms with Gasteiger partial charge in [-0.15, -0.1) is 0 Å². The summed E-state index contributed by atoms with van der Waals surface area (Å²) in [6.45, 7) is 0.256. The number of halogens is 1. The number of aromatic nitrogens is 1. The Bertz CT molecular complexity index is 688. The summed E-state index contributed by atoms with van der Waals surface area (Å²) in [7, 11) is 0. The minimum Gasteiger partial charge on any atom is -0.491 e. The van der Waals surface area contributed by atoms with Gasteiger partial charge in [0.1, 0.15) is 12.4 Å². The number of ether oxygens (including phenoxy) is 1. The Labute approximate surface area is 122 Å². The highest BCUT2D eigenvalue weighted by atomic mass is 35.5. The van der Waals surface area contributed by atoms with Crippen molar-refractivity contribution >= 4 is 22.5 Å². The standard InChI is InChI=1S/C15H12ClN3O/c16-13-3-4-15-12(6-13)7-14(9-19-15)20-10-11(8-18)2-1-5-17/h3-4,6-7,9,11H,1-2,10H2/t11-/m1/s1. The Hall–Kier alpha value is -2.30. The molecule has 1 atom stereocenters. The number of nitrogens with zero attached hydrogens (tertiary/aromatic N) is 3. The van der Waals surface area contributed by atoms with Crippen LogP contribution in [0.4, 0.5) is 0 Å². The van der Waals surface area contributed by atoms with Crippen LogP contribution < -0.4 is 4.74 Å². The topological polar surface area (TPSA) is 69.7 Å². The third-order valence-corrected chi connectivity index (χ3v) is 3.09. The summed E-state index contributed by atoms with van der Waals surface area (Å²) in [4.78, 5) is 4.27. The fraction of sp³-hybridized carbons (Fsp3) is 0.267. The molecule has 0 amide bonds. The van der Waals surface area contributed by atoms with Gasteiger partial charge in [-0.3, -0.25) is 4.98 Å². The Morgan fingerprint density at radius 2 is 2.15 bits per heavy atom. The third-order valence-electron chi connectivity index (χ3n) is 2.86. The van der Waals surface area contributed by atoms with Crippen LogP contribution in [0.3, 0.4) is 0 Å². The van der Waals surface area contributed by atoms with Gasteiger partial charge in [0.05, 0.1) is 29.8 Å². The van der Waals surface area contributed by atoms with E-state index < -0.39 is 0 Å². The summed E-state index contributed by atoms with van der Waals surface area (Å²) in [5, 5.41) is 19.0. The first-order chi connectivity index (χ1) is 9.72. The number of benzene rings is 1. The molecule has 1 aromatic heterocycles. The summed E-state index contributed by atoms with van der Waals surface area (Å²) in [5.41, 5.74) is 0.836. The SMILES string of the molecule is N#CCC[C@H](C#N)COc1cnc2ccc(Cl)cc2c1. The second-order valence-electron chi connectivity index (χ2n) is 4.34. The molecule has 2 aromatic rings. The Morgan fingerprint density at radius 3 is 2.90 bits per heavy atom. The lowest BCUT2D eigenvalue weighted by Gasteiger charge is -2.10. The zero-order valence-electron chi connectivity index (χ0n) is 10.7. The first-order valence-electron chi connectivity index (χ1n) is 6.17. The first-order valence-corrected chi connectivity index (χ1v) is 6.55. The molecule has 20 heavy (non-hydrogen) atoms. The van der Waals surface area contributed by atoms with Crippen molar-refractivity contribution < 1.29 is 4.74 Å². The van der Waals surface area contributed by atoms with Gasteiger partial charge in [0.25, 0.3) is 0 Å². The van der Waals surface area contributed by atoms with Gasteiger partial charge < -0.3 is 4.74 Å². The van der Waals surface area contributed by atoms with Crippen molar-refractivity contribution in [3.63, 3.8) is 0 Å². The van der Waals surface area contributed by atoms with E-state index in [9.17, 15) is 0 Å². The summed E-state index contributed by atoms with van der Waals surface area (Å²) in [5.74, 6) is 0.307. The number of rotatable bonds is 5. The number of nitriles is 2. The minimum absolute atomic E-state index is 0.256. The van der Waals surface area contributed by atoms with Gasteiger partial charge in [-0.1, -0.05) is 11.6 Å². The predicted octanol–water partition coefficient (Wildman–Crippen LogP) is 3.71. The van der Waals surface area contributed by atoms with Crippen LogP contribution in [0.15, 0.2) is 30.5 Å². The molecule has 0 bridgehead atoms. The second kappa shape index (κ2) is 6.75. The molecule has 0 spiro atoms. The first kappa shape index (κ1) is 14.1. The van der Waals surface area contributed by atoms with E-state index >= 15 is 0 Å². The molecule has 0 saturated carbocycles. The normalized spacial score (nSPS) is 11.6.